The molecule has 3 aromatic carbocycles. The standard InChI is InChI=1S/C34H40N2O6/c1-24(38)35-21-29-4-2-3-5-31(29)26-10-12-28(13-11-26)33-41-30(20-32(42-33)27-8-6-25(23-37)7-9-27)22-36-16-14-34(15-17-36)39-18-19-40-34/h2-13,30,32-33,37H,14-23H2,1H3,(H,35,38)/t30-,32+,33+/m1/s1. The molecule has 3 atom stereocenters. The van der Waals surface area contributed by atoms with Crippen molar-refractivity contribution < 1.29 is 28.8 Å². The van der Waals surface area contributed by atoms with Crippen molar-refractivity contribution in [3.05, 3.63) is 95.1 Å². The summed E-state index contributed by atoms with van der Waals surface area (Å²) in [6.45, 7) is 6.03. The molecule has 0 radical (unpaired) electrons. The Balaban J connectivity index is 1.19. The summed E-state index contributed by atoms with van der Waals surface area (Å²) in [5, 5.41) is 12.4. The molecule has 42 heavy (non-hydrogen) atoms. The van der Waals surface area contributed by atoms with Gasteiger partial charge in [0.2, 0.25) is 5.91 Å². The lowest BCUT2D eigenvalue weighted by Crippen LogP contribution is -2.48. The van der Waals surface area contributed by atoms with Gasteiger partial charge < -0.3 is 34.3 Å². The van der Waals surface area contributed by atoms with Crippen molar-refractivity contribution in [2.75, 3.05) is 32.8 Å². The summed E-state index contributed by atoms with van der Waals surface area (Å²) in [6.07, 6.45) is 1.85. The van der Waals surface area contributed by atoms with E-state index in [2.05, 4.69) is 40.5 Å². The molecule has 3 aromatic rings. The van der Waals surface area contributed by atoms with Crippen LogP contribution in [0.1, 0.15) is 60.8 Å². The maximum absolute atomic E-state index is 11.5. The number of carbonyl (C=O) groups is 1. The van der Waals surface area contributed by atoms with Gasteiger partial charge in [-0.15, -0.1) is 0 Å². The van der Waals surface area contributed by atoms with Gasteiger partial charge in [-0.3, -0.25) is 4.79 Å². The van der Waals surface area contributed by atoms with E-state index in [-0.39, 0.29) is 24.7 Å². The lowest BCUT2D eigenvalue weighted by Gasteiger charge is -2.41. The number of benzene rings is 3. The Morgan fingerprint density at radius 2 is 1.62 bits per heavy atom. The van der Waals surface area contributed by atoms with Gasteiger partial charge in [0.15, 0.2) is 12.1 Å². The Morgan fingerprint density at radius 3 is 2.31 bits per heavy atom. The van der Waals surface area contributed by atoms with Crippen LogP contribution in [0.15, 0.2) is 72.8 Å². The number of aliphatic hydroxyl groups is 1. The lowest BCUT2D eigenvalue weighted by atomic mass is 9.97. The highest BCUT2D eigenvalue weighted by Crippen LogP contribution is 2.39. The number of nitrogens with zero attached hydrogens (tertiary/aromatic N) is 1. The molecule has 0 aliphatic carbocycles. The minimum absolute atomic E-state index is 0.0104. The molecular formula is C34H40N2O6. The van der Waals surface area contributed by atoms with E-state index in [1.54, 1.807) is 0 Å². The quantitative estimate of drug-likeness (QED) is 0.398. The first-order valence-electron chi connectivity index (χ1n) is 14.9. The van der Waals surface area contributed by atoms with Gasteiger partial charge in [-0.1, -0.05) is 72.8 Å². The molecule has 1 amide bonds. The van der Waals surface area contributed by atoms with Gasteiger partial charge in [-0.05, 0) is 27.8 Å². The smallest absolute Gasteiger partial charge is 0.217 e. The van der Waals surface area contributed by atoms with Crippen LogP contribution in [-0.2, 0) is 36.9 Å². The summed E-state index contributed by atoms with van der Waals surface area (Å²) in [7, 11) is 0. The van der Waals surface area contributed by atoms with Crippen molar-refractivity contribution in [2.24, 2.45) is 0 Å². The third-order valence-electron chi connectivity index (χ3n) is 8.55. The zero-order chi connectivity index (χ0) is 28.9. The Kier molecular flexibility index (Phi) is 9.00. The van der Waals surface area contributed by atoms with Gasteiger partial charge in [0, 0.05) is 57.9 Å². The monoisotopic (exact) mass is 572 g/mol. The zero-order valence-electron chi connectivity index (χ0n) is 24.2. The maximum Gasteiger partial charge on any atom is 0.217 e. The molecule has 0 aromatic heterocycles. The number of amides is 1. The van der Waals surface area contributed by atoms with E-state index in [1.165, 1.54) is 6.92 Å². The van der Waals surface area contributed by atoms with Gasteiger partial charge in [0.1, 0.15) is 0 Å². The van der Waals surface area contributed by atoms with Gasteiger partial charge in [-0.25, -0.2) is 0 Å². The number of aliphatic hydroxyl groups excluding tert-OH is 1. The molecule has 1 spiro atoms. The molecule has 222 valence electrons. The van der Waals surface area contributed by atoms with Gasteiger partial charge in [0.25, 0.3) is 0 Å². The van der Waals surface area contributed by atoms with Crippen molar-refractivity contribution in [3.8, 4) is 11.1 Å². The van der Waals surface area contributed by atoms with Crippen molar-refractivity contribution in [1.29, 1.82) is 0 Å². The SMILES string of the molecule is CC(=O)NCc1ccccc1-c1ccc([C@H]2O[C@@H](CN3CCC4(CC3)OCCO4)C[C@@H](c3ccc(CO)cc3)O2)cc1. The predicted molar refractivity (Wildman–Crippen MR) is 158 cm³/mol. The van der Waals surface area contributed by atoms with E-state index in [0.717, 1.165) is 72.3 Å². The highest BCUT2D eigenvalue weighted by Gasteiger charge is 2.41. The fraction of sp³-hybridized carbons (Fsp3) is 0.441. The van der Waals surface area contributed by atoms with Crippen LogP contribution in [0.2, 0.25) is 0 Å². The number of ether oxygens (including phenoxy) is 4. The van der Waals surface area contributed by atoms with E-state index in [1.807, 2.05) is 42.5 Å². The normalized spacial score (nSPS) is 24.1. The lowest BCUT2D eigenvalue weighted by molar-refractivity contribution is -0.255. The number of likely N-dealkylation sites (tertiary alicyclic amines) is 1. The number of hydrogen-bond donors (Lipinski definition) is 2. The third-order valence-corrected chi connectivity index (χ3v) is 8.55. The number of nitrogens with one attached hydrogen (secondary N) is 1. The Labute approximate surface area is 247 Å². The van der Waals surface area contributed by atoms with Crippen molar-refractivity contribution in [3.63, 3.8) is 0 Å². The summed E-state index contributed by atoms with van der Waals surface area (Å²) in [5.41, 5.74) is 6.15. The minimum Gasteiger partial charge on any atom is -0.392 e. The molecule has 3 saturated heterocycles. The van der Waals surface area contributed by atoms with Crippen LogP contribution >= 0.6 is 0 Å². The molecule has 3 fully saturated rings. The molecule has 2 N–H and O–H groups in total. The Morgan fingerprint density at radius 1 is 0.929 bits per heavy atom. The Hall–Kier alpha value is -3.11. The molecule has 0 saturated carbocycles. The average Bonchev–Trinajstić information content (AvgIpc) is 3.49. The third kappa shape index (κ3) is 6.75. The number of rotatable bonds is 8. The fourth-order valence-electron chi connectivity index (χ4n) is 6.18. The topological polar surface area (TPSA) is 89.5 Å². The molecule has 0 unspecified atom stereocenters. The number of hydrogen-bond acceptors (Lipinski definition) is 7. The molecule has 8 nitrogen and oxygen atoms in total. The molecule has 3 aliphatic heterocycles. The molecular weight excluding hydrogens is 532 g/mol. The predicted octanol–water partition coefficient (Wildman–Crippen LogP) is 4.87. The second-order valence-corrected chi connectivity index (χ2v) is 11.4. The second kappa shape index (κ2) is 13.0. The number of carbonyl (C=O) groups excluding carboxylic acids is 1. The van der Waals surface area contributed by atoms with Crippen LogP contribution in [0.25, 0.3) is 11.1 Å². The van der Waals surface area contributed by atoms with E-state index in [9.17, 15) is 9.90 Å². The highest BCUT2D eigenvalue weighted by molar-refractivity contribution is 5.74. The van der Waals surface area contributed by atoms with Crippen LogP contribution in [0.5, 0.6) is 0 Å². The van der Waals surface area contributed by atoms with Gasteiger partial charge in [0.05, 0.1) is 32.0 Å². The van der Waals surface area contributed by atoms with Crippen LogP contribution in [0.4, 0.5) is 0 Å². The minimum atomic E-state index is -0.507. The summed E-state index contributed by atoms with van der Waals surface area (Å²) in [6, 6.07) is 24.4. The first-order chi connectivity index (χ1) is 20.5. The largest absolute Gasteiger partial charge is 0.392 e. The zero-order valence-corrected chi connectivity index (χ0v) is 24.2. The van der Waals surface area contributed by atoms with E-state index in [4.69, 9.17) is 18.9 Å². The first-order valence-corrected chi connectivity index (χ1v) is 14.9. The second-order valence-electron chi connectivity index (χ2n) is 11.4. The van der Waals surface area contributed by atoms with Crippen LogP contribution in [0.3, 0.4) is 0 Å². The van der Waals surface area contributed by atoms with E-state index < -0.39 is 12.1 Å². The average molecular weight is 573 g/mol. The summed E-state index contributed by atoms with van der Waals surface area (Å²) in [4.78, 5) is 13.9. The molecule has 0 bridgehead atoms. The van der Waals surface area contributed by atoms with Crippen LogP contribution in [-0.4, -0.2) is 60.7 Å². The molecule has 6 rings (SSSR count). The fourth-order valence-corrected chi connectivity index (χ4v) is 6.18. The summed E-state index contributed by atoms with van der Waals surface area (Å²) in [5.74, 6) is -0.444. The molecule has 3 heterocycles. The molecule has 8 heteroatoms. The van der Waals surface area contributed by atoms with E-state index in [0.29, 0.717) is 19.8 Å². The van der Waals surface area contributed by atoms with Crippen molar-refractivity contribution in [2.45, 2.75) is 63.6 Å². The van der Waals surface area contributed by atoms with Crippen molar-refractivity contribution in [1.82, 2.24) is 10.2 Å². The first kappa shape index (κ1) is 29.0. The van der Waals surface area contributed by atoms with Gasteiger partial charge >= 0.3 is 0 Å². The Bertz CT molecular complexity index is 1330. The summed E-state index contributed by atoms with van der Waals surface area (Å²) >= 11 is 0. The van der Waals surface area contributed by atoms with Gasteiger partial charge in [-0.2, -0.15) is 0 Å². The van der Waals surface area contributed by atoms with E-state index >= 15 is 0 Å². The highest BCUT2D eigenvalue weighted by atomic mass is 16.7. The van der Waals surface area contributed by atoms with Crippen molar-refractivity contribution >= 4 is 5.91 Å². The van der Waals surface area contributed by atoms with Crippen LogP contribution in [0, 0.1) is 0 Å². The summed E-state index contributed by atoms with van der Waals surface area (Å²) < 4.78 is 25.0. The molecule has 3 aliphatic rings. The number of piperidine rings is 1. The van der Waals surface area contributed by atoms with Crippen LogP contribution < -0.4 is 5.32 Å². The maximum atomic E-state index is 11.5.